The van der Waals surface area contributed by atoms with Gasteiger partial charge in [-0.3, -0.25) is 9.48 Å². The van der Waals surface area contributed by atoms with Crippen LogP contribution in [-0.4, -0.2) is 22.4 Å². The van der Waals surface area contributed by atoms with Crippen LogP contribution in [-0.2, 0) is 16.1 Å². The molecule has 0 atom stereocenters. The lowest BCUT2D eigenvalue weighted by Gasteiger charge is -2.04. The largest absolute Gasteiger partial charge is 0.465 e. The van der Waals surface area contributed by atoms with Crippen LogP contribution in [0, 0.1) is 6.92 Å². The molecule has 4 nitrogen and oxygen atoms in total. The maximum absolute atomic E-state index is 11.4. The third-order valence-corrected chi connectivity index (χ3v) is 3.59. The monoisotopic (exact) mass is 296 g/mol. The van der Waals surface area contributed by atoms with Crippen molar-refractivity contribution in [2.24, 2.45) is 0 Å². The molecule has 90 valence electrons. The van der Waals surface area contributed by atoms with Crippen molar-refractivity contribution in [3.63, 3.8) is 0 Å². The molecule has 0 spiro atoms. The molecule has 0 amide bonds. The summed E-state index contributed by atoms with van der Waals surface area (Å²) < 4.78 is 7.58. The summed E-state index contributed by atoms with van der Waals surface area (Å²) in [6, 6.07) is 3.96. The van der Waals surface area contributed by atoms with E-state index in [1.54, 1.807) is 17.8 Å². The van der Waals surface area contributed by atoms with Gasteiger partial charge in [-0.25, -0.2) is 0 Å². The molecule has 0 bridgehead atoms. The number of nitrogens with zero attached hydrogens (tertiary/aromatic N) is 2. The zero-order chi connectivity index (χ0) is 12.4. The predicted molar refractivity (Wildman–Crippen MR) is 68.8 cm³/mol. The van der Waals surface area contributed by atoms with Crippen LogP contribution in [0.15, 0.2) is 22.8 Å². The third-order valence-electron chi connectivity index (χ3n) is 2.54. The summed E-state index contributed by atoms with van der Waals surface area (Å²) in [4.78, 5) is 11.4. The van der Waals surface area contributed by atoms with Crippen molar-refractivity contribution in [1.82, 2.24) is 9.78 Å². The van der Waals surface area contributed by atoms with Gasteiger partial charge in [0, 0.05) is 9.86 Å². The molecule has 5 heteroatoms. The first-order valence-electron chi connectivity index (χ1n) is 5.39. The highest BCUT2D eigenvalue weighted by Crippen LogP contribution is 2.26. The minimum Gasteiger partial charge on any atom is -0.465 e. The summed E-state index contributed by atoms with van der Waals surface area (Å²) in [6.45, 7) is 4.35. The van der Waals surface area contributed by atoms with Gasteiger partial charge in [-0.05, 0) is 41.4 Å². The molecule has 0 N–H and O–H groups in total. The second-order valence-electron chi connectivity index (χ2n) is 3.74. The van der Waals surface area contributed by atoms with Gasteiger partial charge in [0.05, 0.1) is 18.3 Å². The van der Waals surface area contributed by atoms with Gasteiger partial charge in [0.15, 0.2) is 0 Å². The molecule has 1 heterocycles. The molecule has 0 saturated carbocycles. The molecule has 0 unspecified atom stereocenters. The van der Waals surface area contributed by atoms with Crippen molar-refractivity contribution >= 4 is 32.8 Å². The van der Waals surface area contributed by atoms with Crippen molar-refractivity contribution in [2.75, 3.05) is 6.61 Å². The van der Waals surface area contributed by atoms with E-state index in [1.165, 1.54) is 0 Å². The molecule has 0 fully saturated rings. The van der Waals surface area contributed by atoms with E-state index in [4.69, 9.17) is 4.74 Å². The second kappa shape index (κ2) is 4.87. The Hall–Kier alpha value is -1.36. The molecule has 0 radical (unpaired) electrons. The van der Waals surface area contributed by atoms with Gasteiger partial charge in [-0.2, -0.15) is 5.10 Å². The van der Waals surface area contributed by atoms with Crippen molar-refractivity contribution < 1.29 is 9.53 Å². The highest BCUT2D eigenvalue weighted by Gasteiger charge is 2.10. The quantitative estimate of drug-likeness (QED) is 0.818. The smallest absolute Gasteiger partial charge is 0.327 e. The summed E-state index contributed by atoms with van der Waals surface area (Å²) in [5.74, 6) is -0.269. The number of hydrogen-bond donors (Lipinski definition) is 0. The fourth-order valence-corrected chi connectivity index (χ4v) is 2.12. The van der Waals surface area contributed by atoms with Gasteiger partial charge in [0.2, 0.25) is 0 Å². The van der Waals surface area contributed by atoms with E-state index in [2.05, 4.69) is 21.0 Å². The number of rotatable bonds is 3. The van der Waals surface area contributed by atoms with Crippen LogP contribution < -0.4 is 0 Å². The van der Waals surface area contributed by atoms with Crippen LogP contribution in [0.4, 0.5) is 0 Å². The maximum atomic E-state index is 11.4. The van der Waals surface area contributed by atoms with E-state index in [9.17, 15) is 4.79 Å². The number of esters is 1. The summed E-state index contributed by atoms with van der Waals surface area (Å²) in [7, 11) is 0. The van der Waals surface area contributed by atoms with Crippen LogP contribution in [0.2, 0.25) is 0 Å². The van der Waals surface area contributed by atoms with E-state index in [-0.39, 0.29) is 12.5 Å². The maximum Gasteiger partial charge on any atom is 0.327 e. The number of halogens is 1. The number of fused-ring (bicyclic) bond motifs is 1. The molecule has 1 aromatic carbocycles. The van der Waals surface area contributed by atoms with E-state index in [0.29, 0.717) is 6.61 Å². The minimum absolute atomic E-state index is 0.146. The number of aromatic nitrogens is 2. The summed E-state index contributed by atoms with van der Waals surface area (Å²) in [5, 5.41) is 5.21. The van der Waals surface area contributed by atoms with E-state index < -0.39 is 0 Å². The number of ether oxygens (including phenoxy) is 1. The minimum atomic E-state index is -0.269. The molecule has 0 aliphatic rings. The first-order valence-corrected chi connectivity index (χ1v) is 6.19. The number of carbonyl (C=O) groups excluding carboxylic acids is 1. The Labute approximate surface area is 108 Å². The first kappa shape index (κ1) is 12.1. The topological polar surface area (TPSA) is 44.1 Å². The standard InChI is InChI=1S/C12H13BrN2O2/c1-3-17-11(16)7-15-10-5-4-8(2)12(13)9(10)6-14-15/h4-6H,3,7H2,1-2H3. The molecular weight excluding hydrogens is 284 g/mol. The molecule has 0 aliphatic heterocycles. The zero-order valence-electron chi connectivity index (χ0n) is 9.74. The Morgan fingerprint density at radius 3 is 3.00 bits per heavy atom. The Bertz CT molecular complexity index is 563. The van der Waals surface area contributed by atoms with Crippen molar-refractivity contribution in [3.05, 3.63) is 28.4 Å². The third kappa shape index (κ3) is 2.34. The summed E-state index contributed by atoms with van der Waals surface area (Å²) in [5.41, 5.74) is 2.07. The van der Waals surface area contributed by atoms with Crippen molar-refractivity contribution in [3.8, 4) is 0 Å². The fraction of sp³-hybridized carbons (Fsp3) is 0.333. The van der Waals surface area contributed by atoms with Crippen LogP contribution in [0.5, 0.6) is 0 Å². The van der Waals surface area contributed by atoms with Gasteiger partial charge in [0.1, 0.15) is 6.54 Å². The Morgan fingerprint density at radius 2 is 2.29 bits per heavy atom. The van der Waals surface area contributed by atoms with Crippen LogP contribution in [0.25, 0.3) is 10.9 Å². The van der Waals surface area contributed by atoms with Gasteiger partial charge in [-0.1, -0.05) is 6.07 Å². The average Bonchev–Trinajstić information content (AvgIpc) is 2.68. The van der Waals surface area contributed by atoms with Crippen LogP contribution >= 0.6 is 15.9 Å². The molecule has 0 aliphatic carbocycles. The molecule has 1 aromatic heterocycles. The average molecular weight is 297 g/mol. The van der Waals surface area contributed by atoms with Crippen LogP contribution in [0.3, 0.4) is 0 Å². The first-order chi connectivity index (χ1) is 8.13. The SMILES string of the molecule is CCOC(=O)Cn1ncc2c(Br)c(C)ccc21. The molecular formula is C12H13BrN2O2. The van der Waals surface area contributed by atoms with Gasteiger partial charge in [0.25, 0.3) is 0 Å². The fourth-order valence-electron chi connectivity index (χ4n) is 1.68. The van der Waals surface area contributed by atoms with Gasteiger partial charge in [-0.15, -0.1) is 0 Å². The van der Waals surface area contributed by atoms with E-state index in [1.807, 2.05) is 19.1 Å². The molecule has 0 saturated heterocycles. The number of carbonyl (C=O) groups is 1. The Kier molecular flexibility index (Phi) is 3.47. The number of aryl methyl sites for hydroxylation is 1. The van der Waals surface area contributed by atoms with E-state index in [0.717, 1.165) is 20.9 Å². The lowest BCUT2D eigenvalue weighted by molar-refractivity contribution is -0.143. The van der Waals surface area contributed by atoms with E-state index >= 15 is 0 Å². The lowest BCUT2D eigenvalue weighted by Crippen LogP contribution is -2.14. The highest BCUT2D eigenvalue weighted by atomic mass is 79.9. The zero-order valence-corrected chi connectivity index (χ0v) is 11.3. The molecule has 2 rings (SSSR count). The summed E-state index contributed by atoms with van der Waals surface area (Å²) in [6.07, 6.45) is 1.76. The highest BCUT2D eigenvalue weighted by molar-refractivity contribution is 9.10. The van der Waals surface area contributed by atoms with Crippen molar-refractivity contribution in [1.29, 1.82) is 0 Å². The van der Waals surface area contributed by atoms with Crippen molar-refractivity contribution in [2.45, 2.75) is 20.4 Å². The number of hydrogen-bond acceptors (Lipinski definition) is 3. The normalized spacial score (nSPS) is 10.8. The Morgan fingerprint density at radius 1 is 1.53 bits per heavy atom. The van der Waals surface area contributed by atoms with Crippen LogP contribution in [0.1, 0.15) is 12.5 Å². The van der Waals surface area contributed by atoms with Gasteiger partial charge >= 0.3 is 5.97 Å². The number of benzene rings is 1. The van der Waals surface area contributed by atoms with Gasteiger partial charge < -0.3 is 4.74 Å². The lowest BCUT2D eigenvalue weighted by atomic mass is 10.2. The summed E-state index contributed by atoms with van der Waals surface area (Å²) >= 11 is 3.52. The Balaban J connectivity index is 2.37. The second-order valence-corrected chi connectivity index (χ2v) is 4.53. The molecule has 2 aromatic rings. The molecule has 17 heavy (non-hydrogen) atoms. The predicted octanol–water partition coefficient (Wildman–Crippen LogP) is 2.67.